The van der Waals surface area contributed by atoms with Crippen LogP contribution < -0.4 is 4.74 Å². The van der Waals surface area contributed by atoms with Crippen LogP contribution in [-0.2, 0) is 15.9 Å². The number of benzene rings is 1. The molecule has 1 aromatic carbocycles. The molecule has 110 valence electrons. The summed E-state index contributed by atoms with van der Waals surface area (Å²) in [6.45, 7) is 2.41. The molecule has 0 amide bonds. The first-order chi connectivity index (χ1) is 9.72. The topological polar surface area (TPSA) is 34.3 Å². The molecule has 2 heterocycles. The van der Waals surface area contributed by atoms with Gasteiger partial charge in [0.25, 0.3) is 0 Å². The van der Waals surface area contributed by atoms with Crippen LogP contribution in [0.5, 0.6) is 5.75 Å². The minimum atomic E-state index is 0.291. The Morgan fingerprint density at radius 2 is 1.85 bits per heavy atom. The monoisotopic (exact) mass is 316 g/mol. The van der Waals surface area contributed by atoms with Gasteiger partial charge < -0.3 is 14.2 Å². The third-order valence-electron chi connectivity index (χ3n) is 3.50. The number of hydrogen-bond donors (Lipinski definition) is 0. The zero-order valence-electron chi connectivity index (χ0n) is 11.2. The second-order valence-electron chi connectivity index (χ2n) is 5.33. The number of hydrogen-bond acceptors (Lipinski definition) is 3. The van der Waals surface area contributed by atoms with Crippen molar-refractivity contribution < 1.29 is 14.2 Å². The first-order valence-corrected chi connectivity index (χ1v) is 7.82. The molecule has 3 nitrogen and oxygen atoms in total. The van der Waals surface area contributed by atoms with Gasteiger partial charge in [0.05, 0.1) is 37.1 Å². The molecule has 2 aliphatic rings. The van der Waals surface area contributed by atoms with Crippen molar-refractivity contribution in [2.45, 2.75) is 37.9 Å². The summed E-state index contributed by atoms with van der Waals surface area (Å²) in [5.41, 5.74) is 1.04. The second kappa shape index (κ2) is 6.52. The predicted molar refractivity (Wildman–Crippen MR) is 79.0 cm³/mol. The predicted octanol–water partition coefficient (Wildman–Crippen LogP) is 3.88. The Labute approximate surface area is 129 Å². The SMILES string of the molecule is Clc1cc(Cl)c(OCCCCC2CO2)c(CC2CO2)c1. The summed E-state index contributed by atoms with van der Waals surface area (Å²) < 4.78 is 16.3. The van der Waals surface area contributed by atoms with Crippen LogP contribution >= 0.6 is 23.2 Å². The van der Waals surface area contributed by atoms with E-state index in [2.05, 4.69) is 0 Å². The minimum Gasteiger partial charge on any atom is -0.492 e. The molecule has 2 fully saturated rings. The summed E-state index contributed by atoms with van der Waals surface area (Å²) in [4.78, 5) is 0. The fourth-order valence-electron chi connectivity index (χ4n) is 2.24. The molecule has 0 spiro atoms. The smallest absolute Gasteiger partial charge is 0.141 e. The average molecular weight is 317 g/mol. The van der Waals surface area contributed by atoms with E-state index in [-0.39, 0.29) is 0 Å². The van der Waals surface area contributed by atoms with E-state index in [1.165, 1.54) is 0 Å². The molecular weight excluding hydrogens is 299 g/mol. The highest BCUT2D eigenvalue weighted by Crippen LogP contribution is 2.35. The molecule has 3 rings (SSSR count). The van der Waals surface area contributed by atoms with Crippen molar-refractivity contribution in [1.29, 1.82) is 0 Å². The summed E-state index contributed by atoms with van der Waals surface area (Å²) >= 11 is 12.3. The molecule has 5 heteroatoms. The fourth-order valence-corrected chi connectivity index (χ4v) is 2.83. The van der Waals surface area contributed by atoms with Crippen molar-refractivity contribution in [2.24, 2.45) is 0 Å². The molecule has 0 N–H and O–H groups in total. The highest BCUT2D eigenvalue weighted by atomic mass is 35.5. The Balaban J connectivity index is 1.54. The molecule has 2 saturated heterocycles. The van der Waals surface area contributed by atoms with Crippen LogP contribution in [0.25, 0.3) is 0 Å². The molecule has 1 aromatic rings. The maximum Gasteiger partial charge on any atom is 0.141 e. The molecule has 0 bridgehead atoms. The van der Waals surface area contributed by atoms with E-state index in [0.717, 1.165) is 50.2 Å². The Morgan fingerprint density at radius 1 is 1.10 bits per heavy atom. The average Bonchev–Trinajstić information content (AvgIpc) is 3.25. The highest BCUT2D eigenvalue weighted by molar-refractivity contribution is 6.35. The number of rotatable bonds is 8. The maximum absolute atomic E-state index is 6.24. The van der Waals surface area contributed by atoms with Crippen LogP contribution in [0.3, 0.4) is 0 Å². The number of epoxide rings is 2. The summed E-state index contributed by atoms with van der Waals surface area (Å²) in [6, 6.07) is 3.65. The summed E-state index contributed by atoms with van der Waals surface area (Å²) in [5, 5.41) is 1.22. The van der Waals surface area contributed by atoms with E-state index in [0.29, 0.717) is 28.9 Å². The van der Waals surface area contributed by atoms with Gasteiger partial charge in [-0.05, 0) is 37.0 Å². The standard InChI is InChI=1S/C15H18Cl2O3/c16-11-5-10(6-13-9-20-13)15(14(17)7-11)18-4-2-1-3-12-8-19-12/h5,7,12-13H,1-4,6,8-9H2. The van der Waals surface area contributed by atoms with Gasteiger partial charge in [-0.25, -0.2) is 0 Å². The molecule has 0 radical (unpaired) electrons. The van der Waals surface area contributed by atoms with Gasteiger partial charge in [0.2, 0.25) is 0 Å². The lowest BCUT2D eigenvalue weighted by molar-refractivity contribution is 0.295. The lowest BCUT2D eigenvalue weighted by atomic mass is 10.1. The molecule has 0 aromatic heterocycles. The largest absolute Gasteiger partial charge is 0.492 e. The van der Waals surface area contributed by atoms with Gasteiger partial charge in [-0.3, -0.25) is 0 Å². The molecule has 0 saturated carbocycles. The molecule has 2 aliphatic heterocycles. The number of unbranched alkanes of at least 4 members (excludes halogenated alkanes) is 1. The van der Waals surface area contributed by atoms with Gasteiger partial charge in [0, 0.05) is 11.4 Å². The first kappa shape index (κ1) is 14.5. The van der Waals surface area contributed by atoms with Crippen LogP contribution in [0.1, 0.15) is 24.8 Å². The van der Waals surface area contributed by atoms with Crippen LogP contribution in [-0.4, -0.2) is 32.0 Å². The van der Waals surface area contributed by atoms with Gasteiger partial charge in [0.1, 0.15) is 5.75 Å². The Kier molecular flexibility index (Phi) is 4.72. The van der Waals surface area contributed by atoms with Gasteiger partial charge in [-0.15, -0.1) is 0 Å². The third kappa shape index (κ3) is 4.26. The quantitative estimate of drug-likeness (QED) is 0.539. The zero-order valence-corrected chi connectivity index (χ0v) is 12.8. The molecule has 2 unspecified atom stereocenters. The second-order valence-corrected chi connectivity index (χ2v) is 6.18. The van der Waals surface area contributed by atoms with E-state index in [1.54, 1.807) is 6.07 Å². The Hall–Kier alpha value is -0.480. The van der Waals surface area contributed by atoms with E-state index >= 15 is 0 Å². The Bertz CT molecular complexity index is 470. The molecule has 0 aliphatic carbocycles. The minimum absolute atomic E-state index is 0.291. The van der Waals surface area contributed by atoms with Crippen molar-refractivity contribution in [3.05, 3.63) is 27.7 Å². The van der Waals surface area contributed by atoms with E-state index < -0.39 is 0 Å². The van der Waals surface area contributed by atoms with Crippen molar-refractivity contribution in [2.75, 3.05) is 19.8 Å². The van der Waals surface area contributed by atoms with Gasteiger partial charge in [-0.1, -0.05) is 23.2 Å². The third-order valence-corrected chi connectivity index (χ3v) is 4.00. The van der Waals surface area contributed by atoms with Crippen LogP contribution in [0.15, 0.2) is 12.1 Å². The molecule has 2 atom stereocenters. The van der Waals surface area contributed by atoms with Crippen molar-refractivity contribution >= 4 is 23.2 Å². The lowest BCUT2D eigenvalue weighted by Crippen LogP contribution is -2.04. The van der Waals surface area contributed by atoms with E-state index in [9.17, 15) is 0 Å². The van der Waals surface area contributed by atoms with Crippen molar-refractivity contribution in [3.63, 3.8) is 0 Å². The van der Waals surface area contributed by atoms with Crippen LogP contribution in [0, 0.1) is 0 Å². The first-order valence-electron chi connectivity index (χ1n) is 7.06. The van der Waals surface area contributed by atoms with Crippen molar-refractivity contribution in [1.82, 2.24) is 0 Å². The van der Waals surface area contributed by atoms with Gasteiger partial charge >= 0.3 is 0 Å². The normalized spacial score (nSPS) is 23.7. The van der Waals surface area contributed by atoms with Crippen LogP contribution in [0.4, 0.5) is 0 Å². The number of ether oxygens (including phenoxy) is 3. The van der Waals surface area contributed by atoms with Gasteiger partial charge in [-0.2, -0.15) is 0 Å². The van der Waals surface area contributed by atoms with E-state index in [1.807, 2.05) is 6.07 Å². The number of halogens is 2. The van der Waals surface area contributed by atoms with Gasteiger partial charge in [0.15, 0.2) is 0 Å². The van der Waals surface area contributed by atoms with Crippen LogP contribution in [0.2, 0.25) is 10.0 Å². The molecular formula is C15H18Cl2O3. The lowest BCUT2D eigenvalue weighted by Gasteiger charge is -2.13. The summed E-state index contributed by atoms with van der Waals surface area (Å²) in [6.07, 6.45) is 4.86. The molecule has 20 heavy (non-hydrogen) atoms. The zero-order chi connectivity index (χ0) is 13.9. The maximum atomic E-state index is 6.24. The fraction of sp³-hybridized carbons (Fsp3) is 0.600. The van der Waals surface area contributed by atoms with E-state index in [4.69, 9.17) is 37.4 Å². The van der Waals surface area contributed by atoms with Crippen molar-refractivity contribution in [3.8, 4) is 5.75 Å². The highest BCUT2D eigenvalue weighted by Gasteiger charge is 2.25. The summed E-state index contributed by atoms with van der Waals surface area (Å²) in [5.74, 6) is 0.759. The summed E-state index contributed by atoms with van der Waals surface area (Å²) in [7, 11) is 0. The Morgan fingerprint density at radius 3 is 2.55 bits per heavy atom.